The summed E-state index contributed by atoms with van der Waals surface area (Å²) in [5.41, 5.74) is 2.46. The van der Waals surface area contributed by atoms with E-state index in [2.05, 4.69) is 10.3 Å². The molecule has 1 heterocycles. The molecule has 0 saturated heterocycles. The Balaban J connectivity index is 1.86. The van der Waals surface area contributed by atoms with Crippen molar-refractivity contribution in [2.75, 3.05) is 16.2 Å². The zero-order valence-corrected chi connectivity index (χ0v) is 16.6. The maximum absolute atomic E-state index is 13.0. The second kappa shape index (κ2) is 7.98. The summed E-state index contributed by atoms with van der Waals surface area (Å²) in [6.07, 6.45) is 1.36. The first-order chi connectivity index (χ1) is 12.9. The van der Waals surface area contributed by atoms with Gasteiger partial charge in [-0.25, -0.2) is 13.4 Å². The van der Waals surface area contributed by atoms with Crippen LogP contribution in [0.5, 0.6) is 0 Å². The highest BCUT2D eigenvalue weighted by molar-refractivity contribution is 7.92. The second-order valence-electron chi connectivity index (χ2n) is 5.97. The van der Waals surface area contributed by atoms with Crippen molar-refractivity contribution in [1.82, 2.24) is 4.98 Å². The number of sulfonamides is 1. The van der Waals surface area contributed by atoms with Crippen molar-refractivity contribution < 1.29 is 8.42 Å². The van der Waals surface area contributed by atoms with Gasteiger partial charge in [0.15, 0.2) is 0 Å². The van der Waals surface area contributed by atoms with Gasteiger partial charge in [0.1, 0.15) is 10.7 Å². The Bertz CT molecular complexity index is 1020. The lowest BCUT2D eigenvalue weighted by Crippen LogP contribution is -2.30. The van der Waals surface area contributed by atoms with E-state index in [-0.39, 0.29) is 4.90 Å². The molecule has 0 aliphatic carbocycles. The molecule has 0 saturated carbocycles. The third-order valence-corrected chi connectivity index (χ3v) is 6.24. The molecular weight excluding hydrogens is 382 g/mol. The third kappa shape index (κ3) is 4.23. The van der Waals surface area contributed by atoms with Crippen LogP contribution in [0.25, 0.3) is 0 Å². The van der Waals surface area contributed by atoms with Gasteiger partial charge in [0, 0.05) is 23.5 Å². The van der Waals surface area contributed by atoms with Crippen molar-refractivity contribution in [2.45, 2.75) is 18.7 Å². The van der Waals surface area contributed by atoms with E-state index in [4.69, 9.17) is 11.6 Å². The van der Waals surface area contributed by atoms with Crippen molar-refractivity contribution in [3.63, 3.8) is 0 Å². The Labute approximate surface area is 164 Å². The lowest BCUT2D eigenvalue weighted by atomic mass is 10.2. The average molecular weight is 402 g/mol. The zero-order valence-electron chi connectivity index (χ0n) is 15.1. The van der Waals surface area contributed by atoms with Crippen LogP contribution < -0.4 is 9.62 Å². The molecule has 0 radical (unpaired) electrons. The van der Waals surface area contributed by atoms with Crippen molar-refractivity contribution in [1.29, 1.82) is 0 Å². The summed E-state index contributed by atoms with van der Waals surface area (Å²) < 4.78 is 27.3. The first-order valence-electron chi connectivity index (χ1n) is 8.49. The highest BCUT2D eigenvalue weighted by atomic mass is 35.5. The van der Waals surface area contributed by atoms with Gasteiger partial charge in [-0.15, -0.1) is 0 Å². The maximum Gasteiger partial charge on any atom is 0.265 e. The Morgan fingerprint density at radius 1 is 1.07 bits per heavy atom. The topological polar surface area (TPSA) is 62.3 Å². The van der Waals surface area contributed by atoms with E-state index in [0.29, 0.717) is 23.1 Å². The Kier molecular flexibility index (Phi) is 5.68. The van der Waals surface area contributed by atoms with Crippen molar-refractivity contribution >= 4 is 38.8 Å². The number of aromatic nitrogens is 1. The monoisotopic (exact) mass is 401 g/mol. The van der Waals surface area contributed by atoms with E-state index in [1.54, 1.807) is 37.3 Å². The number of hydrogen-bond donors (Lipinski definition) is 1. The highest BCUT2D eigenvalue weighted by Crippen LogP contribution is 2.26. The van der Waals surface area contributed by atoms with Crippen LogP contribution in [0.1, 0.15) is 12.5 Å². The summed E-state index contributed by atoms with van der Waals surface area (Å²) in [5.74, 6) is 0.544. The fourth-order valence-corrected chi connectivity index (χ4v) is 4.28. The van der Waals surface area contributed by atoms with Crippen LogP contribution in [0.15, 0.2) is 71.8 Å². The number of benzene rings is 2. The minimum atomic E-state index is -3.69. The lowest BCUT2D eigenvalue weighted by molar-refractivity contribution is 0.591. The second-order valence-corrected chi connectivity index (χ2v) is 8.27. The predicted molar refractivity (Wildman–Crippen MR) is 110 cm³/mol. The Morgan fingerprint density at radius 2 is 1.81 bits per heavy atom. The molecule has 0 spiro atoms. The van der Waals surface area contributed by atoms with E-state index in [1.807, 2.05) is 37.3 Å². The fraction of sp³-hybridized carbons (Fsp3) is 0.150. The smallest absolute Gasteiger partial charge is 0.265 e. The van der Waals surface area contributed by atoms with Gasteiger partial charge < -0.3 is 5.32 Å². The summed E-state index contributed by atoms with van der Waals surface area (Å²) in [6, 6.07) is 17.7. The van der Waals surface area contributed by atoms with Gasteiger partial charge in [0.2, 0.25) is 0 Å². The minimum Gasteiger partial charge on any atom is -0.340 e. The predicted octanol–water partition coefficient (Wildman–Crippen LogP) is 5.00. The quantitative estimate of drug-likeness (QED) is 0.631. The van der Waals surface area contributed by atoms with Crippen LogP contribution in [0.2, 0.25) is 5.02 Å². The molecule has 5 nitrogen and oxygen atoms in total. The summed E-state index contributed by atoms with van der Waals surface area (Å²) in [5, 5.41) is 3.78. The fourth-order valence-electron chi connectivity index (χ4n) is 2.69. The van der Waals surface area contributed by atoms with E-state index in [9.17, 15) is 8.42 Å². The number of anilines is 3. The summed E-state index contributed by atoms with van der Waals surface area (Å²) in [6.45, 7) is 4.08. The van der Waals surface area contributed by atoms with E-state index in [1.165, 1.54) is 10.5 Å². The molecule has 3 rings (SSSR count). The van der Waals surface area contributed by atoms with Gasteiger partial charge in [-0.2, -0.15) is 0 Å². The average Bonchev–Trinajstić information content (AvgIpc) is 2.66. The van der Waals surface area contributed by atoms with Crippen molar-refractivity contribution in [3.8, 4) is 0 Å². The summed E-state index contributed by atoms with van der Waals surface area (Å²) in [7, 11) is -3.69. The number of pyridine rings is 1. The Hall–Kier alpha value is -2.57. The van der Waals surface area contributed by atoms with Gasteiger partial charge in [-0.1, -0.05) is 35.9 Å². The van der Waals surface area contributed by atoms with Crippen LogP contribution in [0, 0.1) is 6.92 Å². The van der Waals surface area contributed by atoms with E-state index in [0.717, 1.165) is 11.3 Å². The molecule has 0 amide bonds. The molecular formula is C20H20ClN3O2S. The number of hydrogen-bond acceptors (Lipinski definition) is 4. The molecule has 0 atom stereocenters. The Morgan fingerprint density at radius 3 is 2.44 bits per heavy atom. The molecule has 3 aromatic rings. The number of rotatable bonds is 6. The third-order valence-electron chi connectivity index (χ3n) is 4.12. The molecule has 1 N–H and O–H groups in total. The number of aryl methyl sites for hydroxylation is 1. The minimum absolute atomic E-state index is 0.140. The van der Waals surface area contributed by atoms with E-state index >= 15 is 0 Å². The molecule has 27 heavy (non-hydrogen) atoms. The summed E-state index contributed by atoms with van der Waals surface area (Å²) >= 11 is 6.03. The molecule has 0 aliphatic heterocycles. The zero-order chi connectivity index (χ0) is 19.4. The number of nitrogens with one attached hydrogen (secondary N) is 1. The molecule has 2 aromatic carbocycles. The van der Waals surface area contributed by atoms with Crippen molar-refractivity contribution in [3.05, 3.63) is 77.4 Å². The standard InChI is InChI=1S/C20H20ClN3O2S/c1-3-24(17-7-5-4-6-8-17)27(25,26)18-11-12-20(22-14-18)23-19-13-16(21)10-9-15(19)2/h4-14H,3H2,1-2H3,(H,22,23). The van der Waals surface area contributed by atoms with Crippen LogP contribution in [-0.4, -0.2) is 19.9 Å². The van der Waals surface area contributed by atoms with Crippen LogP contribution in [0.3, 0.4) is 0 Å². The molecule has 140 valence electrons. The van der Waals surface area contributed by atoms with Gasteiger partial charge in [0.05, 0.1) is 5.69 Å². The summed E-state index contributed by atoms with van der Waals surface area (Å²) in [4.78, 5) is 4.40. The molecule has 0 bridgehead atoms. The first-order valence-corrected chi connectivity index (χ1v) is 10.3. The SMILES string of the molecule is CCN(c1ccccc1)S(=O)(=O)c1ccc(Nc2cc(Cl)ccc2C)nc1. The van der Waals surface area contributed by atoms with Crippen LogP contribution in [0.4, 0.5) is 17.2 Å². The number of para-hydroxylation sites is 1. The molecule has 7 heteroatoms. The van der Waals surface area contributed by atoms with Gasteiger partial charge >= 0.3 is 0 Å². The van der Waals surface area contributed by atoms with Gasteiger partial charge in [-0.3, -0.25) is 4.31 Å². The molecule has 0 fully saturated rings. The van der Waals surface area contributed by atoms with Gasteiger partial charge in [0.25, 0.3) is 10.0 Å². The molecule has 0 aliphatic rings. The highest BCUT2D eigenvalue weighted by Gasteiger charge is 2.23. The number of nitrogens with zero attached hydrogens (tertiary/aromatic N) is 2. The maximum atomic E-state index is 13.0. The molecule has 0 unspecified atom stereocenters. The lowest BCUT2D eigenvalue weighted by Gasteiger charge is -2.22. The van der Waals surface area contributed by atoms with Crippen LogP contribution in [-0.2, 0) is 10.0 Å². The number of halogens is 1. The van der Waals surface area contributed by atoms with Crippen molar-refractivity contribution in [2.24, 2.45) is 0 Å². The largest absolute Gasteiger partial charge is 0.340 e. The van der Waals surface area contributed by atoms with E-state index < -0.39 is 10.0 Å². The molecule has 1 aromatic heterocycles. The first kappa shape index (κ1) is 19.2. The normalized spacial score (nSPS) is 11.2. The van der Waals surface area contributed by atoms with Gasteiger partial charge in [-0.05, 0) is 55.8 Å². The van der Waals surface area contributed by atoms with Crippen LogP contribution >= 0.6 is 11.6 Å².